The summed E-state index contributed by atoms with van der Waals surface area (Å²) >= 11 is 0. The molecule has 1 aliphatic rings. The van der Waals surface area contributed by atoms with Crippen molar-refractivity contribution in [3.05, 3.63) is 57.9 Å². The number of hydrogen-bond acceptors (Lipinski definition) is 7. The van der Waals surface area contributed by atoms with Gasteiger partial charge in [-0.3, -0.25) is 29.5 Å². The molecule has 2 aromatic rings. The molecule has 1 aromatic heterocycles. The van der Waals surface area contributed by atoms with Gasteiger partial charge in [-0.15, -0.1) is 0 Å². The largest absolute Gasteiger partial charge is 0.468 e. The van der Waals surface area contributed by atoms with Crippen LogP contribution < -0.4 is 10.6 Å². The van der Waals surface area contributed by atoms with E-state index in [2.05, 4.69) is 20.4 Å². The van der Waals surface area contributed by atoms with E-state index in [1.54, 1.807) is 0 Å². The number of pyridine rings is 1. The zero-order valence-electron chi connectivity index (χ0n) is 13.4. The number of amides is 2. The maximum Gasteiger partial charge on any atom is 0.322 e. The van der Waals surface area contributed by atoms with Gasteiger partial charge in [-0.25, -0.2) is 0 Å². The van der Waals surface area contributed by atoms with Crippen molar-refractivity contribution in [2.45, 2.75) is 5.92 Å². The molecule has 2 amide bonds. The van der Waals surface area contributed by atoms with Gasteiger partial charge in [-0.05, 0) is 18.2 Å². The summed E-state index contributed by atoms with van der Waals surface area (Å²) < 4.78 is 4.60. The Labute approximate surface area is 146 Å². The fourth-order valence-corrected chi connectivity index (χ4v) is 2.60. The number of nitro benzene ring substituents is 1. The number of ether oxygens (including phenoxy) is 1. The van der Waals surface area contributed by atoms with E-state index >= 15 is 0 Å². The quantitative estimate of drug-likeness (QED) is 0.365. The molecule has 1 aromatic carbocycles. The molecule has 1 unspecified atom stereocenters. The normalized spacial score (nSPS) is 15.0. The Morgan fingerprint density at radius 2 is 2.00 bits per heavy atom. The van der Waals surface area contributed by atoms with Crippen LogP contribution in [0, 0.1) is 10.1 Å². The lowest BCUT2D eigenvalue weighted by atomic mass is 9.99. The lowest BCUT2D eigenvalue weighted by Crippen LogP contribution is -2.22. The Morgan fingerprint density at radius 1 is 1.31 bits per heavy atom. The Bertz CT molecular complexity index is 928. The molecule has 0 saturated heterocycles. The van der Waals surface area contributed by atoms with Crippen LogP contribution in [0.25, 0.3) is 0 Å². The van der Waals surface area contributed by atoms with Gasteiger partial charge in [-0.2, -0.15) is 0 Å². The van der Waals surface area contributed by atoms with E-state index in [0.29, 0.717) is 0 Å². The number of methoxy groups -OCH3 is 1. The standard InChI is InChI=1S/C16H12N4O6/c1-26-16(23)13-9-6-11(19-14(21)8-2-4-17-5-3-8)12(20(24)25)7-10(9)18-15(13)22/h2-7,13H,1H3,(H,18,22)(H,19,21). The molecule has 0 saturated carbocycles. The molecule has 26 heavy (non-hydrogen) atoms. The summed E-state index contributed by atoms with van der Waals surface area (Å²) in [6.07, 6.45) is 2.81. The molecule has 132 valence electrons. The second-order valence-electron chi connectivity index (χ2n) is 5.35. The van der Waals surface area contributed by atoms with Crippen molar-refractivity contribution in [2.24, 2.45) is 0 Å². The molecule has 1 atom stereocenters. The van der Waals surface area contributed by atoms with Crippen LogP contribution in [0.3, 0.4) is 0 Å². The third-order valence-corrected chi connectivity index (χ3v) is 3.82. The van der Waals surface area contributed by atoms with Crippen LogP contribution in [-0.2, 0) is 14.3 Å². The van der Waals surface area contributed by atoms with Gasteiger partial charge in [-0.1, -0.05) is 0 Å². The predicted molar refractivity (Wildman–Crippen MR) is 88.7 cm³/mol. The van der Waals surface area contributed by atoms with Gasteiger partial charge < -0.3 is 15.4 Å². The van der Waals surface area contributed by atoms with E-state index in [1.807, 2.05) is 0 Å². The summed E-state index contributed by atoms with van der Waals surface area (Å²) in [7, 11) is 1.13. The van der Waals surface area contributed by atoms with Crippen molar-refractivity contribution < 1.29 is 24.0 Å². The minimum Gasteiger partial charge on any atom is -0.468 e. The van der Waals surface area contributed by atoms with Gasteiger partial charge in [0.1, 0.15) is 5.69 Å². The topological polar surface area (TPSA) is 141 Å². The molecular formula is C16H12N4O6. The van der Waals surface area contributed by atoms with Gasteiger partial charge in [0.2, 0.25) is 5.91 Å². The first-order chi connectivity index (χ1) is 12.4. The SMILES string of the molecule is COC(=O)C1C(=O)Nc2cc([N+](=O)[O-])c(NC(=O)c3ccncc3)cc21. The van der Waals surface area contributed by atoms with Crippen LogP contribution >= 0.6 is 0 Å². The monoisotopic (exact) mass is 356 g/mol. The number of nitrogens with zero attached hydrogens (tertiary/aromatic N) is 2. The molecule has 0 radical (unpaired) electrons. The van der Waals surface area contributed by atoms with E-state index in [4.69, 9.17) is 0 Å². The highest BCUT2D eigenvalue weighted by Crippen LogP contribution is 2.40. The number of carbonyl (C=O) groups is 3. The lowest BCUT2D eigenvalue weighted by molar-refractivity contribution is -0.383. The molecule has 1 aliphatic heterocycles. The highest BCUT2D eigenvalue weighted by molar-refractivity contribution is 6.16. The number of carbonyl (C=O) groups excluding carboxylic acids is 3. The molecule has 10 heteroatoms. The highest BCUT2D eigenvalue weighted by atomic mass is 16.6. The van der Waals surface area contributed by atoms with Crippen molar-refractivity contribution in [3.8, 4) is 0 Å². The van der Waals surface area contributed by atoms with Gasteiger partial charge in [0.05, 0.1) is 17.7 Å². The second kappa shape index (κ2) is 6.59. The summed E-state index contributed by atoms with van der Waals surface area (Å²) in [4.78, 5) is 50.6. The molecule has 2 N–H and O–H groups in total. The first-order valence-corrected chi connectivity index (χ1v) is 7.34. The Morgan fingerprint density at radius 3 is 2.62 bits per heavy atom. The van der Waals surface area contributed by atoms with Crippen LogP contribution in [0.1, 0.15) is 21.8 Å². The third kappa shape index (κ3) is 2.95. The number of nitrogens with one attached hydrogen (secondary N) is 2. The van der Waals surface area contributed by atoms with E-state index in [0.717, 1.165) is 13.2 Å². The second-order valence-corrected chi connectivity index (χ2v) is 5.35. The van der Waals surface area contributed by atoms with Crippen molar-refractivity contribution in [2.75, 3.05) is 17.7 Å². The van der Waals surface area contributed by atoms with E-state index in [1.165, 1.54) is 30.6 Å². The van der Waals surface area contributed by atoms with Crippen LogP contribution in [0.15, 0.2) is 36.7 Å². The predicted octanol–water partition coefficient (Wildman–Crippen LogP) is 1.45. The molecule has 0 bridgehead atoms. The number of rotatable bonds is 4. The fraction of sp³-hybridized carbons (Fsp3) is 0.125. The molecule has 3 rings (SSSR count). The van der Waals surface area contributed by atoms with E-state index in [9.17, 15) is 24.5 Å². The number of nitro groups is 1. The summed E-state index contributed by atoms with van der Waals surface area (Å²) in [6.45, 7) is 0. The first kappa shape index (κ1) is 17.0. The molecule has 0 aliphatic carbocycles. The molecule has 10 nitrogen and oxygen atoms in total. The molecule has 2 heterocycles. The van der Waals surface area contributed by atoms with Crippen LogP contribution in [0.2, 0.25) is 0 Å². The van der Waals surface area contributed by atoms with Crippen molar-refractivity contribution >= 4 is 34.8 Å². The highest BCUT2D eigenvalue weighted by Gasteiger charge is 2.39. The lowest BCUT2D eigenvalue weighted by Gasteiger charge is -2.10. The first-order valence-electron chi connectivity index (χ1n) is 7.34. The fourth-order valence-electron chi connectivity index (χ4n) is 2.60. The number of fused-ring (bicyclic) bond motifs is 1. The zero-order valence-corrected chi connectivity index (χ0v) is 13.4. The van der Waals surface area contributed by atoms with Crippen LogP contribution in [-0.4, -0.2) is 34.8 Å². The maximum atomic E-state index is 12.3. The van der Waals surface area contributed by atoms with Crippen LogP contribution in [0.4, 0.5) is 17.1 Å². The third-order valence-electron chi connectivity index (χ3n) is 3.82. The Kier molecular flexibility index (Phi) is 4.31. The minimum atomic E-state index is -1.26. The van der Waals surface area contributed by atoms with Crippen molar-refractivity contribution in [1.29, 1.82) is 0 Å². The molecule has 0 fully saturated rings. The summed E-state index contributed by atoms with van der Waals surface area (Å²) in [5.41, 5.74) is 0.00272. The average molecular weight is 356 g/mol. The van der Waals surface area contributed by atoms with Gasteiger partial charge in [0.25, 0.3) is 11.6 Å². The van der Waals surface area contributed by atoms with E-state index < -0.39 is 34.3 Å². The van der Waals surface area contributed by atoms with Crippen molar-refractivity contribution in [1.82, 2.24) is 4.98 Å². The van der Waals surface area contributed by atoms with Gasteiger partial charge in [0.15, 0.2) is 5.92 Å². The Hall–Kier alpha value is -3.82. The molecular weight excluding hydrogens is 344 g/mol. The van der Waals surface area contributed by atoms with E-state index in [-0.39, 0.29) is 22.5 Å². The van der Waals surface area contributed by atoms with Gasteiger partial charge >= 0.3 is 5.97 Å². The minimum absolute atomic E-state index is 0.124. The summed E-state index contributed by atoms with van der Waals surface area (Å²) in [5, 5.41) is 16.2. The number of aromatic nitrogens is 1. The number of hydrogen-bond donors (Lipinski definition) is 2. The molecule has 0 spiro atoms. The average Bonchev–Trinajstić information content (AvgIpc) is 2.95. The summed E-state index contributed by atoms with van der Waals surface area (Å²) in [6, 6.07) is 5.21. The number of anilines is 2. The number of benzene rings is 1. The van der Waals surface area contributed by atoms with Gasteiger partial charge in [0, 0.05) is 29.6 Å². The Balaban J connectivity index is 2.04. The maximum absolute atomic E-state index is 12.3. The number of esters is 1. The van der Waals surface area contributed by atoms with Crippen molar-refractivity contribution in [3.63, 3.8) is 0 Å². The smallest absolute Gasteiger partial charge is 0.322 e. The zero-order chi connectivity index (χ0) is 18.8. The van der Waals surface area contributed by atoms with Crippen LogP contribution in [0.5, 0.6) is 0 Å². The summed E-state index contributed by atoms with van der Waals surface area (Å²) in [5.74, 6) is -3.31.